The molecular weight excluding hydrogens is 406 g/mol. The van der Waals surface area contributed by atoms with E-state index in [4.69, 9.17) is 4.74 Å². The van der Waals surface area contributed by atoms with Gasteiger partial charge in [0.1, 0.15) is 11.9 Å². The van der Waals surface area contributed by atoms with Crippen LogP contribution in [-0.2, 0) is 30.9 Å². The van der Waals surface area contributed by atoms with Crippen LogP contribution in [0.2, 0.25) is 0 Å². The summed E-state index contributed by atoms with van der Waals surface area (Å²) in [4.78, 5) is 30.6. The summed E-state index contributed by atoms with van der Waals surface area (Å²) in [6.45, 7) is 3.82. The predicted molar refractivity (Wildman–Crippen MR) is 111 cm³/mol. The molecule has 8 nitrogen and oxygen atoms in total. The van der Waals surface area contributed by atoms with Gasteiger partial charge in [0.15, 0.2) is 6.61 Å². The van der Waals surface area contributed by atoms with Crippen molar-refractivity contribution >= 4 is 27.7 Å². The number of carbonyl (C=O) groups is 2. The van der Waals surface area contributed by atoms with Gasteiger partial charge in [-0.2, -0.15) is 0 Å². The molecule has 30 heavy (non-hydrogen) atoms. The van der Waals surface area contributed by atoms with E-state index >= 15 is 0 Å². The summed E-state index contributed by atoms with van der Waals surface area (Å²) >= 11 is 0. The van der Waals surface area contributed by atoms with Crippen LogP contribution in [-0.4, -0.2) is 50.2 Å². The molecule has 0 radical (unpaired) electrons. The summed E-state index contributed by atoms with van der Waals surface area (Å²) < 4.78 is 31.7. The zero-order chi connectivity index (χ0) is 21.7. The molecule has 1 N–H and O–H groups in total. The first-order chi connectivity index (χ1) is 14.3. The van der Waals surface area contributed by atoms with Crippen LogP contribution in [0.1, 0.15) is 25.0 Å². The number of sulfonamides is 1. The maximum absolute atomic E-state index is 12.4. The van der Waals surface area contributed by atoms with Crippen molar-refractivity contribution in [2.75, 3.05) is 13.2 Å². The topological polar surface area (TPSA) is 105 Å². The molecule has 0 spiro atoms. The Kier molecular flexibility index (Phi) is 6.51. The number of hydrogen-bond donors (Lipinski definition) is 1. The Hall–Kier alpha value is -3.20. The number of hydrogen-bond acceptors (Lipinski definition) is 6. The number of benzene rings is 2. The van der Waals surface area contributed by atoms with E-state index in [-0.39, 0.29) is 16.6 Å². The van der Waals surface area contributed by atoms with Crippen LogP contribution >= 0.6 is 0 Å². The van der Waals surface area contributed by atoms with Gasteiger partial charge in [-0.05, 0) is 31.5 Å². The van der Waals surface area contributed by atoms with Crippen LogP contribution in [0.4, 0.5) is 0 Å². The van der Waals surface area contributed by atoms with Crippen molar-refractivity contribution in [3.05, 3.63) is 65.7 Å². The highest BCUT2D eigenvalue weighted by Gasteiger charge is 2.31. The smallest absolute Gasteiger partial charge is 0.331 e. The van der Waals surface area contributed by atoms with E-state index in [1.165, 1.54) is 13.0 Å². The van der Waals surface area contributed by atoms with Gasteiger partial charge in [-0.1, -0.05) is 42.5 Å². The van der Waals surface area contributed by atoms with Gasteiger partial charge in [-0.25, -0.2) is 13.2 Å². The number of nitrogens with zero attached hydrogens (tertiary/aromatic N) is 2. The number of carbonyl (C=O) groups excluding carboxylic acids is 2. The van der Waals surface area contributed by atoms with Crippen molar-refractivity contribution < 1.29 is 22.7 Å². The van der Waals surface area contributed by atoms with Crippen molar-refractivity contribution in [2.45, 2.75) is 31.3 Å². The Morgan fingerprint density at radius 2 is 1.77 bits per heavy atom. The Bertz CT molecular complexity index is 1070. The maximum atomic E-state index is 12.4. The number of fused-ring (bicyclic) bond motifs is 1. The first-order valence-electron chi connectivity index (χ1n) is 9.50. The van der Waals surface area contributed by atoms with Crippen LogP contribution < -0.4 is 4.72 Å². The molecule has 0 aliphatic carbocycles. The molecule has 0 saturated carbocycles. The monoisotopic (exact) mass is 429 g/mol. The number of likely N-dealkylation sites (N-methyl/N-ethyl adjacent to an activating group) is 1. The molecule has 1 aliphatic rings. The van der Waals surface area contributed by atoms with Gasteiger partial charge in [-0.15, -0.1) is 0 Å². The number of amidine groups is 1. The van der Waals surface area contributed by atoms with Crippen molar-refractivity contribution in [1.29, 1.82) is 0 Å². The lowest BCUT2D eigenvalue weighted by atomic mass is 10.2. The fourth-order valence-electron chi connectivity index (χ4n) is 3.00. The minimum atomic E-state index is -3.69. The third kappa shape index (κ3) is 4.85. The molecule has 0 saturated heterocycles. The second-order valence-electron chi connectivity index (χ2n) is 6.76. The predicted octanol–water partition coefficient (Wildman–Crippen LogP) is 1.71. The zero-order valence-corrected chi connectivity index (χ0v) is 17.6. The minimum absolute atomic E-state index is 0.0839. The van der Waals surface area contributed by atoms with Gasteiger partial charge in [-0.3, -0.25) is 14.5 Å². The average molecular weight is 429 g/mol. The molecule has 2 aromatic rings. The first-order valence-corrected chi connectivity index (χ1v) is 11.0. The maximum Gasteiger partial charge on any atom is 0.331 e. The van der Waals surface area contributed by atoms with E-state index in [0.29, 0.717) is 18.7 Å². The summed E-state index contributed by atoms with van der Waals surface area (Å²) in [5.74, 6) is -0.947. The summed E-state index contributed by atoms with van der Waals surface area (Å²) in [6.07, 6.45) is 0. The molecule has 1 atom stereocenters. The van der Waals surface area contributed by atoms with Gasteiger partial charge >= 0.3 is 5.97 Å². The van der Waals surface area contributed by atoms with Gasteiger partial charge < -0.3 is 9.64 Å². The average Bonchev–Trinajstić information content (AvgIpc) is 3.00. The molecule has 0 unspecified atom stereocenters. The molecule has 1 amide bonds. The van der Waals surface area contributed by atoms with E-state index < -0.39 is 28.6 Å². The van der Waals surface area contributed by atoms with Gasteiger partial charge in [0.05, 0.1) is 4.90 Å². The van der Waals surface area contributed by atoms with Crippen LogP contribution in [0, 0.1) is 0 Å². The number of nitrogens with one attached hydrogen (secondary N) is 1. The molecular formula is C21H23N3O5S. The fourth-order valence-corrected chi connectivity index (χ4v) is 4.24. The molecule has 2 aromatic carbocycles. The van der Waals surface area contributed by atoms with Gasteiger partial charge in [0.25, 0.3) is 15.9 Å². The van der Waals surface area contributed by atoms with E-state index in [2.05, 4.69) is 9.71 Å². The molecule has 0 fully saturated rings. The molecule has 0 bridgehead atoms. The van der Waals surface area contributed by atoms with Crippen molar-refractivity contribution in [3.8, 4) is 0 Å². The third-order valence-corrected chi connectivity index (χ3v) is 6.01. The summed E-state index contributed by atoms with van der Waals surface area (Å²) in [7, 11) is -3.69. The van der Waals surface area contributed by atoms with E-state index in [1.54, 1.807) is 23.1 Å². The lowest BCUT2D eigenvalue weighted by molar-refractivity contribution is -0.152. The molecule has 3 rings (SSSR count). The third-order valence-electron chi connectivity index (χ3n) is 4.62. The standard InChI is InChI=1S/C21H23N3O5S/c1-3-24(13-16-9-5-4-6-10-16)19(25)14-29-21(26)15(2)22-20-17-11-7-8-12-18(17)30(27,28)23-20/h4-12,15H,3,13-14H2,1-2H3,(H,22,23)/t15-/m0/s1. The number of esters is 1. The normalized spacial score (nSPS) is 16.4. The number of amides is 1. The quantitative estimate of drug-likeness (QED) is 0.675. The van der Waals surface area contributed by atoms with Crippen LogP contribution in [0.5, 0.6) is 0 Å². The highest BCUT2D eigenvalue weighted by Crippen LogP contribution is 2.22. The van der Waals surface area contributed by atoms with Crippen LogP contribution in [0.15, 0.2) is 64.5 Å². The lowest BCUT2D eigenvalue weighted by Gasteiger charge is -2.21. The van der Waals surface area contributed by atoms with Crippen molar-refractivity contribution in [1.82, 2.24) is 9.62 Å². The highest BCUT2D eigenvalue weighted by atomic mass is 32.2. The Morgan fingerprint density at radius 3 is 2.47 bits per heavy atom. The zero-order valence-electron chi connectivity index (χ0n) is 16.7. The summed E-state index contributed by atoms with van der Waals surface area (Å²) in [5.41, 5.74) is 1.37. The number of aliphatic imine (C=N–C) groups is 1. The van der Waals surface area contributed by atoms with Crippen LogP contribution in [0.25, 0.3) is 0 Å². The van der Waals surface area contributed by atoms with Crippen molar-refractivity contribution in [3.63, 3.8) is 0 Å². The molecule has 1 aliphatic heterocycles. The fraction of sp³-hybridized carbons (Fsp3) is 0.286. The Balaban J connectivity index is 1.61. The Labute approximate surface area is 175 Å². The largest absolute Gasteiger partial charge is 0.454 e. The van der Waals surface area contributed by atoms with Crippen LogP contribution in [0.3, 0.4) is 0 Å². The van der Waals surface area contributed by atoms with E-state index in [9.17, 15) is 18.0 Å². The first kappa shape index (κ1) is 21.5. The molecule has 1 heterocycles. The summed E-state index contributed by atoms with van der Waals surface area (Å²) in [6, 6.07) is 14.9. The minimum Gasteiger partial charge on any atom is -0.454 e. The summed E-state index contributed by atoms with van der Waals surface area (Å²) in [5, 5.41) is 0. The SMILES string of the molecule is CCN(Cc1ccccc1)C(=O)COC(=O)[C@H](C)N=C1NS(=O)(=O)c2ccccc21. The molecule has 9 heteroatoms. The van der Waals surface area contributed by atoms with Gasteiger partial charge in [0.2, 0.25) is 0 Å². The van der Waals surface area contributed by atoms with Crippen molar-refractivity contribution in [2.24, 2.45) is 4.99 Å². The van der Waals surface area contributed by atoms with E-state index in [0.717, 1.165) is 5.56 Å². The number of rotatable bonds is 7. The lowest BCUT2D eigenvalue weighted by Crippen LogP contribution is -2.35. The number of ether oxygens (including phenoxy) is 1. The highest BCUT2D eigenvalue weighted by molar-refractivity contribution is 7.90. The van der Waals surface area contributed by atoms with Gasteiger partial charge in [0, 0.05) is 18.7 Å². The van der Waals surface area contributed by atoms with E-state index in [1.807, 2.05) is 37.3 Å². The Morgan fingerprint density at radius 1 is 1.10 bits per heavy atom. The second kappa shape index (κ2) is 9.08. The molecule has 158 valence electrons. The second-order valence-corrected chi connectivity index (χ2v) is 8.41. The molecule has 0 aromatic heterocycles.